The minimum atomic E-state index is -5.86. The van der Waals surface area contributed by atoms with Gasteiger partial charge in [0.05, 0.1) is 0 Å². The van der Waals surface area contributed by atoms with Crippen molar-refractivity contribution in [1.29, 1.82) is 0 Å². The second-order valence-electron chi connectivity index (χ2n) is 3.27. The van der Waals surface area contributed by atoms with Crippen LogP contribution in [0, 0.1) is 0 Å². The average molecular weight is 252 g/mol. The SMILES string of the molecule is O=S(=O)(O[N+]1(F)CCCCC1)C(F)(F)F. The minimum Gasteiger partial charge on any atom is -0.184 e. The lowest BCUT2D eigenvalue weighted by molar-refractivity contribution is -1.19. The molecule has 9 heteroatoms. The molecule has 0 aliphatic carbocycles. The zero-order valence-electron chi connectivity index (χ0n) is 7.63. The van der Waals surface area contributed by atoms with Crippen LogP contribution in [0.2, 0.25) is 0 Å². The maximum Gasteiger partial charge on any atom is 0.528 e. The van der Waals surface area contributed by atoms with Crippen LogP contribution < -0.4 is 0 Å². The van der Waals surface area contributed by atoms with E-state index in [9.17, 15) is 26.1 Å². The Bertz CT molecular complexity index is 320. The van der Waals surface area contributed by atoms with Gasteiger partial charge in [0.25, 0.3) is 0 Å². The summed E-state index contributed by atoms with van der Waals surface area (Å²) in [5, 5.41) is 0. The largest absolute Gasteiger partial charge is 0.528 e. The molecule has 1 aliphatic heterocycles. The number of hydroxylamine groups is 2. The fraction of sp³-hybridized carbons (Fsp3) is 1.00. The normalized spacial score (nSPS) is 22.7. The Morgan fingerprint density at radius 2 is 1.53 bits per heavy atom. The highest BCUT2D eigenvalue weighted by atomic mass is 32.2. The first kappa shape index (κ1) is 12.7. The van der Waals surface area contributed by atoms with E-state index in [1.165, 1.54) is 0 Å². The summed E-state index contributed by atoms with van der Waals surface area (Å²) in [6.07, 6.45) is 1.24. The standard InChI is InChI=1S/C6H10F4NO3S/c7-6(8,9)15(12,13)14-11(10)4-2-1-3-5-11/h1-5H2/q+1. The fourth-order valence-corrected chi connectivity index (χ4v) is 1.86. The molecule has 15 heavy (non-hydrogen) atoms. The van der Waals surface area contributed by atoms with Crippen LogP contribution in [-0.2, 0) is 14.4 Å². The molecule has 0 radical (unpaired) electrons. The lowest BCUT2D eigenvalue weighted by Gasteiger charge is -2.25. The molecule has 0 atom stereocenters. The zero-order chi connectivity index (χ0) is 11.7. The number of hydrogen-bond acceptors (Lipinski definition) is 3. The maximum atomic E-state index is 13.4. The van der Waals surface area contributed by atoms with Crippen LogP contribution in [0.3, 0.4) is 0 Å². The highest BCUT2D eigenvalue weighted by molar-refractivity contribution is 7.87. The van der Waals surface area contributed by atoms with Gasteiger partial charge in [-0.3, -0.25) is 0 Å². The molecule has 0 amide bonds. The van der Waals surface area contributed by atoms with Crippen molar-refractivity contribution in [3.8, 4) is 0 Å². The number of alkyl halides is 3. The summed E-state index contributed by atoms with van der Waals surface area (Å²) in [5.74, 6) is 0. The molecule has 1 aliphatic rings. The summed E-state index contributed by atoms with van der Waals surface area (Å²) in [6, 6.07) is 0. The molecule has 4 nitrogen and oxygen atoms in total. The van der Waals surface area contributed by atoms with Crippen molar-refractivity contribution in [2.45, 2.75) is 24.8 Å². The number of quaternary nitrogens is 1. The van der Waals surface area contributed by atoms with Gasteiger partial charge in [0, 0.05) is 22.2 Å². The van der Waals surface area contributed by atoms with Gasteiger partial charge in [0.1, 0.15) is 0 Å². The third-order valence-electron chi connectivity index (χ3n) is 2.00. The van der Waals surface area contributed by atoms with Crippen LogP contribution in [0.5, 0.6) is 0 Å². The van der Waals surface area contributed by atoms with Gasteiger partial charge in [-0.15, -0.1) is 0 Å². The van der Waals surface area contributed by atoms with Crippen LogP contribution >= 0.6 is 0 Å². The van der Waals surface area contributed by atoms with Gasteiger partial charge in [-0.1, -0.05) is 0 Å². The second kappa shape index (κ2) is 3.87. The monoisotopic (exact) mass is 252 g/mol. The summed E-state index contributed by atoms with van der Waals surface area (Å²) in [5.41, 5.74) is -5.58. The Hall–Kier alpha value is -0.410. The highest BCUT2D eigenvalue weighted by Crippen LogP contribution is 2.30. The predicted molar refractivity (Wildman–Crippen MR) is 41.0 cm³/mol. The fourth-order valence-electron chi connectivity index (χ4n) is 1.28. The van der Waals surface area contributed by atoms with Crippen molar-refractivity contribution in [3.05, 3.63) is 0 Å². The lowest BCUT2D eigenvalue weighted by Crippen LogP contribution is -2.47. The topological polar surface area (TPSA) is 43.4 Å². The van der Waals surface area contributed by atoms with Gasteiger partial charge in [-0.05, 0) is 10.7 Å². The van der Waals surface area contributed by atoms with E-state index in [0.717, 1.165) is 0 Å². The van der Waals surface area contributed by atoms with Gasteiger partial charge in [0.2, 0.25) is 0 Å². The summed E-state index contributed by atoms with van der Waals surface area (Å²) in [4.78, 5) is -2.01. The molecule has 0 aromatic rings. The van der Waals surface area contributed by atoms with E-state index in [-0.39, 0.29) is 13.1 Å². The molecule has 1 fully saturated rings. The van der Waals surface area contributed by atoms with Crippen molar-refractivity contribution < 1.29 is 35.2 Å². The van der Waals surface area contributed by atoms with Crippen LogP contribution in [0.15, 0.2) is 0 Å². The van der Waals surface area contributed by atoms with Gasteiger partial charge in [-0.25, -0.2) is 0 Å². The van der Waals surface area contributed by atoms with E-state index in [4.69, 9.17) is 0 Å². The van der Waals surface area contributed by atoms with E-state index >= 15 is 0 Å². The lowest BCUT2D eigenvalue weighted by atomic mass is 10.2. The van der Waals surface area contributed by atoms with E-state index in [1.54, 1.807) is 0 Å². The van der Waals surface area contributed by atoms with Crippen LogP contribution in [0.25, 0.3) is 0 Å². The molecular weight excluding hydrogens is 242 g/mol. The first-order valence-electron chi connectivity index (χ1n) is 4.26. The molecule has 0 saturated carbocycles. The molecule has 0 spiro atoms. The van der Waals surface area contributed by atoms with Gasteiger partial charge in [0.15, 0.2) is 13.1 Å². The van der Waals surface area contributed by atoms with Crippen LogP contribution in [0.4, 0.5) is 17.7 Å². The molecular formula is C6H10F4NO3S+. The van der Waals surface area contributed by atoms with Crippen molar-refractivity contribution in [1.82, 2.24) is 0 Å². The summed E-state index contributed by atoms with van der Waals surface area (Å²) >= 11 is 0. The first-order valence-corrected chi connectivity index (χ1v) is 5.66. The quantitative estimate of drug-likeness (QED) is 0.426. The second-order valence-corrected chi connectivity index (χ2v) is 4.79. The molecule has 0 N–H and O–H groups in total. The van der Waals surface area contributed by atoms with Crippen molar-refractivity contribution in [2.24, 2.45) is 0 Å². The number of rotatable bonds is 2. The zero-order valence-corrected chi connectivity index (χ0v) is 8.44. The molecule has 1 rings (SSSR count). The minimum absolute atomic E-state index is 0.296. The Balaban J connectivity index is 2.76. The smallest absolute Gasteiger partial charge is 0.184 e. The third kappa shape index (κ3) is 3.02. The van der Waals surface area contributed by atoms with Crippen molar-refractivity contribution in [2.75, 3.05) is 13.1 Å². The van der Waals surface area contributed by atoms with Crippen LogP contribution in [-0.4, -0.2) is 31.9 Å². The van der Waals surface area contributed by atoms with E-state index in [2.05, 4.69) is 4.28 Å². The first-order chi connectivity index (χ1) is 6.66. The Morgan fingerprint density at radius 1 is 1.07 bits per heavy atom. The molecule has 0 aromatic carbocycles. The number of halogens is 4. The van der Waals surface area contributed by atoms with Crippen LogP contribution in [0.1, 0.15) is 19.3 Å². The summed E-state index contributed by atoms with van der Waals surface area (Å²) < 4.78 is 73.6. The van der Waals surface area contributed by atoms with Gasteiger partial charge >= 0.3 is 15.6 Å². The van der Waals surface area contributed by atoms with Crippen molar-refractivity contribution >= 4 is 10.1 Å². The molecule has 90 valence electrons. The highest BCUT2D eigenvalue weighted by Gasteiger charge is 2.54. The number of piperidine rings is 1. The van der Waals surface area contributed by atoms with E-state index < -0.39 is 20.5 Å². The molecule has 0 aromatic heterocycles. The third-order valence-corrected chi connectivity index (χ3v) is 3.03. The van der Waals surface area contributed by atoms with Crippen molar-refractivity contribution in [3.63, 3.8) is 0 Å². The molecule has 1 saturated heterocycles. The molecule has 0 bridgehead atoms. The summed E-state index contributed by atoms with van der Waals surface area (Å²) in [7, 11) is -5.86. The predicted octanol–water partition coefficient (Wildman–Crippen LogP) is 1.65. The van der Waals surface area contributed by atoms with E-state index in [0.29, 0.717) is 19.3 Å². The van der Waals surface area contributed by atoms with E-state index in [1.807, 2.05) is 0 Å². The number of nitrogens with zero attached hydrogens (tertiary/aromatic N) is 1. The Labute approximate surface area is 84.0 Å². The maximum absolute atomic E-state index is 13.4. The van der Waals surface area contributed by atoms with Gasteiger partial charge < -0.3 is 0 Å². The van der Waals surface area contributed by atoms with Gasteiger partial charge in [-0.2, -0.15) is 21.6 Å². The average Bonchev–Trinajstić information content (AvgIpc) is 2.00. The Morgan fingerprint density at radius 3 is 1.93 bits per heavy atom. The number of hydrogen-bond donors (Lipinski definition) is 0. The molecule has 1 heterocycles. The molecule has 0 unspecified atom stereocenters. The summed E-state index contributed by atoms with van der Waals surface area (Å²) in [6.45, 7) is -0.759. The Kier molecular flexibility index (Phi) is 3.27.